The van der Waals surface area contributed by atoms with Crippen LogP contribution in [0.4, 0.5) is 19.2 Å². The van der Waals surface area contributed by atoms with Crippen molar-refractivity contribution in [1.29, 1.82) is 5.26 Å². The Morgan fingerprint density at radius 3 is 2.26 bits per heavy atom. The monoisotopic (exact) mass is 460 g/mol. The maximum atomic E-state index is 12.0. The molecule has 0 aliphatic heterocycles. The van der Waals surface area contributed by atoms with Gasteiger partial charge in [-0.25, -0.2) is 13.2 Å². The zero-order chi connectivity index (χ0) is 23.9. The summed E-state index contributed by atoms with van der Waals surface area (Å²) in [6, 6.07) is 8.41. The third-order valence-electron chi connectivity index (χ3n) is 3.76. The van der Waals surface area contributed by atoms with Crippen molar-refractivity contribution >= 4 is 21.8 Å². The van der Waals surface area contributed by atoms with Crippen LogP contribution < -0.4 is 5.32 Å². The molecular formula is C18H19F3N4O5S. The average Bonchev–Trinajstić information content (AvgIpc) is 3.16. The number of carboxylic acid groups (broad SMARTS) is 1. The van der Waals surface area contributed by atoms with Crippen LogP contribution in [-0.4, -0.2) is 42.4 Å². The van der Waals surface area contributed by atoms with Gasteiger partial charge >= 0.3 is 18.2 Å². The molecule has 0 aliphatic rings. The maximum absolute atomic E-state index is 12.0. The number of nitrogens with zero attached hydrogens (tertiary/aromatic N) is 3. The number of benzene rings is 1. The summed E-state index contributed by atoms with van der Waals surface area (Å²) >= 11 is 0. The molecule has 0 radical (unpaired) electrons. The molecule has 0 amide bonds. The van der Waals surface area contributed by atoms with Gasteiger partial charge in [0.05, 0.1) is 16.4 Å². The maximum Gasteiger partial charge on any atom is 0.490 e. The molecule has 0 saturated carbocycles. The van der Waals surface area contributed by atoms with Crippen LogP contribution >= 0.6 is 0 Å². The van der Waals surface area contributed by atoms with Crippen molar-refractivity contribution in [2.75, 3.05) is 11.9 Å². The van der Waals surface area contributed by atoms with E-state index in [4.69, 9.17) is 19.6 Å². The van der Waals surface area contributed by atoms with Crippen molar-refractivity contribution in [3.63, 3.8) is 0 Å². The van der Waals surface area contributed by atoms with E-state index in [1.165, 1.54) is 12.1 Å². The van der Waals surface area contributed by atoms with E-state index in [9.17, 15) is 21.6 Å². The fourth-order valence-electron chi connectivity index (χ4n) is 2.08. The van der Waals surface area contributed by atoms with Crippen LogP contribution in [0.25, 0.3) is 0 Å². The van der Waals surface area contributed by atoms with Crippen LogP contribution in [0.1, 0.15) is 32.2 Å². The second-order valence-corrected chi connectivity index (χ2v) is 8.21. The Morgan fingerprint density at radius 2 is 1.81 bits per heavy atom. The topological polar surface area (TPSA) is 146 Å². The molecule has 2 aromatic rings. The molecule has 0 spiro atoms. The number of aliphatic carboxylic acids is 1. The van der Waals surface area contributed by atoms with E-state index in [0.29, 0.717) is 18.5 Å². The summed E-state index contributed by atoms with van der Waals surface area (Å²) in [5, 5.41) is 27.4. The Bertz CT molecular complexity index is 1070. The molecule has 0 unspecified atom stereocenters. The molecule has 2 N–H and O–H groups in total. The fraction of sp³-hybridized carbons (Fsp3) is 0.333. The fourth-order valence-corrected chi connectivity index (χ4v) is 2.99. The van der Waals surface area contributed by atoms with Crippen LogP contribution in [0, 0.1) is 11.3 Å². The second-order valence-electron chi connectivity index (χ2n) is 6.37. The number of carbonyl (C=O) groups is 1. The van der Waals surface area contributed by atoms with Gasteiger partial charge in [0.25, 0.3) is 0 Å². The summed E-state index contributed by atoms with van der Waals surface area (Å²) in [7, 11) is -3.62. The lowest BCUT2D eigenvalue weighted by atomic mass is 9.85. The lowest BCUT2D eigenvalue weighted by Crippen LogP contribution is -2.21. The lowest BCUT2D eigenvalue weighted by molar-refractivity contribution is -0.192. The molecule has 0 atom stereocenters. The number of alkyl halides is 3. The molecule has 31 heavy (non-hydrogen) atoms. The first-order valence-electron chi connectivity index (χ1n) is 8.55. The van der Waals surface area contributed by atoms with Crippen LogP contribution in [0.5, 0.6) is 0 Å². The molecule has 0 saturated heterocycles. The predicted molar refractivity (Wildman–Crippen MR) is 103 cm³/mol. The standard InChI is InChI=1S/C16H18N4O3S.C2HF3O2/c1-4-18-15-20-19-14(23-15)16(2,3)12-6-8-13(9-7-12)24(21,22)11-5-10-17;3-2(4,5)1(6)7/h5-9,11H,4H2,1-3H3,(H,18,20);(H,6,7). The van der Waals surface area contributed by atoms with Crippen LogP contribution in [0.2, 0.25) is 0 Å². The molecule has 2 rings (SSSR count). The largest absolute Gasteiger partial charge is 0.490 e. The van der Waals surface area contributed by atoms with Crippen LogP contribution in [0.15, 0.2) is 45.1 Å². The molecular weight excluding hydrogens is 441 g/mol. The number of nitriles is 1. The van der Waals surface area contributed by atoms with E-state index >= 15 is 0 Å². The number of halogens is 3. The Kier molecular flexibility index (Phi) is 8.33. The van der Waals surface area contributed by atoms with E-state index in [2.05, 4.69) is 15.5 Å². The molecule has 9 nitrogen and oxygen atoms in total. The number of aromatic nitrogens is 2. The Hall–Kier alpha value is -3.40. The number of nitrogens with one attached hydrogen (secondary N) is 1. The minimum Gasteiger partial charge on any atom is -0.475 e. The van der Waals surface area contributed by atoms with Gasteiger partial charge in [0.15, 0.2) is 0 Å². The number of carboxylic acids is 1. The number of hydrogen-bond donors (Lipinski definition) is 2. The highest BCUT2D eigenvalue weighted by Gasteiger charge is 2.38. The molecule has 1 aromatic heterocycles. The smallest absolute Gasteiger partial charge is 0.475 e. The number of hydrogen-bond acceptors (Lipinski definition) is 8. The zero-order valence-electron chi connectivity index (χ0n) is 16.6. The van der Waals surface area contributed by atoms with Crippen molar-refractivity contribution < 1.29 is 35.9 Å². The summed E-state index contributed by atoms with van der Waals surface area (Å²) in [6.45, 7) is 6.42. The van der Waals surface area contributed by atoms with Crippen molar-refractivity contribution in [3.8, 4) is 6.07 Å². The van der Waals surface area contributed by atoms with E-state index in [1.807, 2.05) is 20.8 Å². The molecule has 0 bridgehead atoms. The van der Waals surface area contributed by atoms with Crippen molar-refractivity contribution in [3.05, 3.63) is 47.2 Å². The zero-order valence-corrected chi connectivity index (χ0v) is 17.5. The number of sulfone groups is 1. The third kappa shape index (κ3) is 7.10. The molecule has 1 aromatic carbocycles. The van der Waals surface area contributed by atoms with E-state index in [1.54, 1.807) is 18.2 Å². The molecule has 0 fully saturated rings. The van der Waals surface area contributed by atoms with Gasteiger partial charge in [-0.3, -0.25) is 0 Å². The van der Waals surface area contributed by atoms with Gasteiger partial charge in [-0.1, -0.05) is 17.2 Å². The molecule has 168 valence electrons. The summed E-state index contributed by atoms with van der Waals surface area (Å²) in [4.78, 5) is 9.01. The molecule has 0 aliphatic carbocycles. The predicted octanol–water partition coefficient (Wildman–Crippen LogP) is 3.27. The highest BCUT2D eigenvalue weighted by molar-refractivity contribution is 7.94. The normalized spacial score (nSPS) is 12.0. The lowest BCUT2D eigenvalue weighted by Gasteiger charge is -2.20. The minimum atomic E-state index is -5.08. The summed E-state index contributed by atoms with van der Waals surface area (Å²) in [5.74, 6) is -2.33. The Morgan fingerprint density at radius 1 is 1.26 bits per heavy atom. The van der Waals surface area contributed by atoms with E-state index in [0.717, 1.165) is 17.0 Å². The third-order valence-corrected chi connectivity index (χ3v) is 5.18. The van der Waals surface area contributed by atoms with E-state index < -0.39 is 27.4 Å². The molecule has 13 heteroatoms. The van der Waals surface area contributed by atoms with Crippen LogP contribution in [0.3, 0.4) is 0 Å². The van der Waals surface area contributed by atoms with Crippen molar-refractivity contribution in [2.45, 2.75) is 37.3 Å². The van der Waals surface area contributed by atoms with Gasteiger partial charge in [0.1, 0.15) is 0 Å². The van der Waals surface area contributed by atoms with Crippen molar-refractivity contribution in [1.82, 2.24) is 10.2 Å². The highest BCUT2D eigenvalue weighted by Crippen LogP contribution is 2.32. The quantitative estimate of drug-likeness (QED) is 0.620. The summed E-state index contributed by atoms with van der Waals surface area (Å²) < 4.78 is 61.4. The molecule has 1 heterocycles. The first-order valence-corrected chi connectivity index (χ1v) is 10.1. The van der Waals surface area contributed by atoms with Crippen molar-refractivity contribution in [2.24, 2.45) is 0 Å². The average molecular weight is 460 g/mol. The van der Waals surface area contributed by atoms with E-state index in [-0.39, 0.29) is 4.90 Å². The van der Waals surface area contributed by atoms with Gasteiger partial charge in [-0.2, -0.15) is 18.4 Å². The first-order chi connectivity index (χ1) is 14.3. The Labute approximate surface area is 176 Å². The number of rotatable bonds is 6. The SMILES string of the molecule is CCNc1nnc(C(C)(C)c2ccc(S(=O)(=O)C=CC#N)cc2)o1.O=C(O)C(F)(F)F. The van der Waals surface area contributed by atoms with Gasteiger partial charge in [-0.05, 0) is 38.5 Å². The van der Waals surface area contributed by atoms with Gasteiger partial charge < -0.3 is 14.8 Å². The van der Waals surface area contributed by atoms with Gasteiger partial charge in [0, 0.05) is 18.0 Å². The van der Waals surface area contributed by atoms with Gasteiger partial charge in [0.2, 0.25) is 15.7 Å². The Balaban J connectivity index is 0.000000592. The second kappa shape index (κ2) is 10.1. The first kappa shape index (κ1) is 25.6. The number of allylic oxidation sites excluding steroid dienone is 1. The minimum absolute atomic E-state index is 0.118. The summed E-state index contributed by atoms with van der Waals surface area (Å²) in [6.07, 6.45) is -4.14. The van der Waals surface area contributed by atoms with Gasteiger partial charge in [-0.15, -0.1) is 5.10 Å². The summed E-state index contributed by atoms with van der Waals surface area (Å²) in [5.41, 5.74) is 0.253. The van der Waals surface area contributed by atoms with Crippen LogP contribution in [-0.2, 0) is 20.0 Å². The highest BCUT2D eigenvalue weighted by atomic mass is 32.2. The number of anilines is 1.